The third-order valence-electron chi connectivity index (χ3n) is 3.15. The van der Waals surface area contributed by atoms with Crippen LogP contribution in [0.4, 0.5) is 0 Å². The summed E-state index contributed by atoms with van der Waals surface area (Å²) < 4.78 is 10.9. The Bertz CT molecular complexity index is 806. The molecule has 106 valence electrons. The van der Waals surface area contributed by atoms with Crippen LogP contribution in [-0.2, 0) is 5.75 Å². The van der Waals surface area contributed by atoms with Gasteiger partial charge in [-0.25, -0.2) is 0 Å². The Balaban J connectivity index is 1.80. The van der Waals surface area contributed by atoms with Crippen molar-refractivity contribution in [2.24, 2.45) is 0 Å². The number of ether oxygens (including phenoxy) is 1. The smallest absolute Gasteiger partial charge is 0.193 e. The molecule has 3 rings (SSSR count). The first-order chi connectivity index (χ1) is 10.3. The number of rotatable bonds is 4. The lowest BCUT2D eigenvalue weighted by atomic mass is 10.2. The Hall–Kier alpha value is -2.20. The van der Waals surface area contributed by atoms with Crippen molar-refractivity contribution in [3.05, 3.63) is 70.4 Å². The van der Waals surface area contributed by atoms with E-state index in [4.69, 9.17) is 9.15 Å². The number of fused-ring (bicyclic) bond motifs is 1. The predicted octanol–water partition coefficient (Wildman–Crippen LogP) is 4.09. The van der Waals surface area contributed by atoms with Crippen LogP contribution in [0.15, 0.2) is 68.9 Å². The van der Waals surface area contributed by atoms with Gasteiger partial charge in [0.15, 0.2) is 10.5 Å². The van der Waals surface area contributed by atoms with Crippen molar-refractivity contribution in [3.8, 4) is 5.75 Å². The van der Waals surface area contributed by atoms with Crippen LogP contribution >= 0.6 is 11.8 Å². The second-order valence-electron chi connectivity index (χ2n) is 4.56. The van der Waals surface area contributed by atoms with E-state index in [0.29, 0.717) is 16.1 Å². The Morgan fingerprint density at radius 3 is 2.62 bits per heavy atom. The Morgan fingerprint density at radius 1 is 1.10 bits per heavy atom. The third kappa shape index (κ3) is 3.11. The van der Waals surface area contributed by atoms with E-state index in [1.807, 2.05) is 42.5 Å². The maximum Gasteiger partial charge on any atom is 0.193 e. The molecule has 2 aromatic carbocycles. The van der Waals surface area contributed by atoms with Crippen molar-refractivity contribution in [1.29, 1.82) is 0 Å². The zero-order chi connectivity index (χ0) is 14.7. The van der Waals surface area contributed by atoms with Gasteiger partial charge in [-0.1, -0.05) is 36.0 Å². The van der Waals surface area contributed by atoms with Gasteiger partial charge in [0.05, 0.1) is 12.5 Å². The second kappa shape index (κ2) is 6.06. The first kappa shape index (κ1) is 13.8. The Labute approximate surface area is 126 Å². The average molecular weight is 298 g/mol. The van der Waals surface area contributed by atoms with Crippen molar-refractivity contribution < 1.29 is 9.15 Å². The molecule has 0 saturated carbocycles. The summed E-state index contributed by atoms with van der Waals surface area (Å²) in [6, 6.07) is 16.7. The van der Waals surface area contributed by atoms with Crippen LogP contribution in [0.2, 0.25) is 0 Å². The molecular formula is C17H14O3S. The van der Waals surface area contributed by atoms with Crippen molar-refractivity contribution in [2.75, 3.05) is 7.11 Å². The summed E-state index contributed by atoms with van der Waals surface area (Å²) in [6.45, 7) is 0. The van der Waals surface area contributed by atoms with Crippen molar-refractivity contribution >= 4 is 22.7 Å². The van der Waals surface area contributed by atoms with Crippen molar-refractivity contribution in [2.45, 2.75) is 10.8 Å². The number of para-hydroxylation sites is 1. The molecule has 1 aromatic heterocycles. The standard InChI is InChI=1S/C17H14O3S/c1-19-13-8-6-12(7-9-13)11-21-17-10-15(18)14-4-2-3-5-16(14)20-17/h2-10H,11H2,1H3. The van der Waals surface area contributed by atoms with Gasteiger partial charge in [-0.05, 0) is 29.8 Å². The van der Waals surface area contributed by atoms with E-state index < -0.39 is 0 Å². The first-order valence-corrected chi connectivity index (χ1v) is 7.53. The van der Waals surface area contributed by atoms with Gasteiger partial charge in [-0.15, -0.1) is 0 Å². The lowest BCUT2D eigenvalue weighted by Gasteiger charge is -2.04. The van der Waals surface area contributed by atoms with Crippen molar-refractivity contribution in [1.82, 2.24) is 0 Å². The molecule has 3 nitrogen and oxygen atoms in total. The maximum absolute atomic E-state index is 12.0. The number of methoxy groups -OCH3 is 1. The van der Waals surface area contributed by atoms with Gasteiger partial charge in [-0.3, -0.25) is 4.79 Å². The van der Waals surface area contributed by atoms with Crippen LogP contribution in [0.1, 0.15) is 5.56 Å². The predicted molar refractivity (Wildman–Crippen MR) is 85.0 cm³/mol. The van der Waals surface area contributed by atoms with Gasteiger partial charge >= 0.3 is 0 Å². The molecule has 0 N–H and O–H groups in total. The molecule has 0 saturated heterocycles. The summed E-state index contributed by atoms with van der Waals surface area (Å²) in [6.07, 6.45) is 0. The van der Waals surface area contributed by atoms with E-state index in [2.05, 4.69) is 0 Å². The zero-order valence-corrected chi connectivity index (χ0v) is 12.4. The fourth-order valence-corrected chi connectivity index (χ4v) is 2.87. The summed E-state index contributed by atoms with van der Waals surface area (Å²) in [5, 5.41) is 1.25. The van der Waals surface area contributed by atoms with Gasteiger partial charge in [0.1, 0.15) is 11.3 Å². The third-order valence-corrected chi connectivity index (χ3v) is 4.12. The molecule has 0 unspecified atom stereocenters. The molecule has 0 fully saturated rings. The molecule has 0 spiro atoms. The van der Waals surface area contributed by atoms with Gasteiger partial charge < -0.3 is 9.15 Å². The molecule has 0 atom stereocenters. The summed E-state index contributed by atoms with van der Waals surface area (Å²) in [5.74, 6) is 1.58. The molecule has 3 aromatic rings. The fraction of sp³-hybridized carbons (Fsp3) is 0.118. The molecular weight excluding hydrogens is 284 g/mol. The monoisotopic (exact) mass is 298 g/mol. The highest BCUT2D eigenvalue weighted by Crippen LogP contribution is 2.25. The van der Waals surface area contributed by atoms with E-state index in [-0.39, 0.29) is 5.43 Å². The maximum atomic E-state index is 12.0. The van der Waals surface area contributed by atoms with Crippen molar-refractivity contribution in [3.63, 3.8) is 0 Å². The van der Waals surface area contributed by atoms with Crippen LogP contribution in [-0.4, -0.2) is 7.11 Å². The molecule has 0 radical (unpaired) electrons. The first-order valence-electron chi connectivity index (χ1n) is 6.55. The van der Waals surface area contributed by atoms with E-state index in [9.17, 15) is 4.79 Å². The van der Waals surface area contributed by atoms with Gasteiger partial charge in [0.25, 0.3) is 0 Å². The minimum atomic E-state index is -0.00548. The summed E-state index contributed by atoms with van der Waals surface area (Å²) in [7, 11) is 1.65. The van der Waals surface area contributed by atoms with E-state index in [1.165, 1.54) is 11.8 Å². The topological polar surface area (TPSA) is 39.4 Å². The number of hydrogen-bond acceptors (Lipinski definition) is 4. The van der Waals surface area contributed by atoms with Gasteiger partial charge in [0, 0.05) is 11.8 Å². The van der Waals surface area contributed by atoms with Crippen LogP contribution in [0.25, 0.3) is 11.0 Å². The highest BCUT2D eigenvalue weighted by molar-refractivity contribution is 7.98. The zero-order valence-electron chi connectivity index (χ0n) is 11.5. The van der Waals surface area contributed by atoms with Crippen LogP contribution in [0, 0.1) is 0 Å². The van der Waals surface area contributed by atoms with E-state index >= 15 is 0 Å². The Kier molecular flexibility index (Phi) is 3.97. The molecule has 21 heavy (non-hydrogen) atoms. The Morgan fingerprint density at radius 2 is 1.86 bits per heavy atom. The van der Waals surface area contributed by atoms with E-state index in [0.717, 1.165) is 17.1 Å². The summed E-state index contributed by atoms with van der Waals surface area (Å²) in [4.78, 5) is 12.0. The van der Waals surface area contributed by atoms with Gasteiger partial charge in [-0.2, -0.15) is 0 Å². The largest absolute Gasteiger partial charge is 0.497 e. The molecule has 0 aliphatic rings. The number of hydrogen-bond donors (Lipinski definition) is 0. The summed E-state index contributed by atoms with van der Waals surface area (Å²) in [5.41, 5.74) is 1.77. The SMILES string of the molecule is COc1ccc(CSc2cc(=O)c3ccccc3o2)cc1. The molecule has 0 aliphatic carbocycles. The molecule has 0 amide bonds. The lowest BCUT2D eigenvalue weighted by Crippen LogP contribution is -1.99. The fourth-order valence-electron chi connectivity index (χ4n) is 2.03. The normalized spacial score (nSPS) is 10.7. The van der Waals surface area contributed by atoms with Crippen LogP contribution in [0.5, 0.6) is 5.75 Å². The highest BCUT2D eigenvalue weighted by atomic mass is 32.2. The molecule has 4 heteroatoms. The van der Waals surface area contributed by atoms with Crippen LogP contribution in [0.3, 0.4) is 0 Å². The quantitative estimate of drug-likeness (QED) is 0.680. The van der Waals surface area contributed by atoms with Gasteiger partial charge in [0.2, 0.25) is 0 Å². The minimum Gasteiger partial charge on any atom is -0.497 e. The average Bonchev–Trinajstić information content (AvgIpc) is 2.53. The summed E-state index contributed by atoms with van der Waals surface area (Å²) >= 11 is 1.51. The second-order valence-corrected chi connectivity index (χ2v) is 5.54. The van der Waals surface area contributed by atoms with E-state index in [1.54, 1.807) is 19.2 Å². The lowest BCUT2D eigenvalue weighted by molar-refractivity contribution is 0.414. The molecule has 0 bridgehead atoms. The van der Waals surface area contributed by atoms with Crippen LogP contribution < -0.4 is 10.2 Å². The highest BCUT2D eigenvalue weighted by Gasteiger charge is 2.05. The molecule has 0 aliphatic heterocycles. The minimum absolute atomic E-state index is 0.00548. The number of thioether (sulfide) groups is 1. The number of benzene rings is 2. The molecule has 1 heterocycles.